The molecular weight excluding hydrogens is 434 g/mol. The van der Waals surface area contributed by atoms with Gasteiger partial charge in [0.1, 0.15) is 17.8 Å². The number of hydrogen-bond acceptors (Lipinski definition) is 5. The van der Waals surface area contributed by atoms with Crippen LogP contribution in [0.25, 0.3) is 0 Å². The Hall–Kier alpha value is -4.08. The Morgan fingerprint density at radius 3 is 2.12 bits per heavy atom. The van der Waals surface area contributed by atoms with Crippen molar-refractivity contribution >= 4 is 23.6 Å². The van der Waals surface area contributed by atoms with E-state index in [1.165, 1.54) is 12.1 Å². The fourth-order valence-electron chi connectivity index (χ4n) is 3.32. The Bertz CT molecular complexity index is 999. The molecule has 2 rings (SSSR count). The molecule has 10 heteroatoms. The zero-order valence-corrected chi connectivity index (χ0v) is 19.4. The van der Waals surface area contributed by atoms with Crippen molar-refractivity contribution in [3.8, 4) is 5.75 Å². The molecule has 0 saturated carbocycles. The Morgan fingerprint density at radius 1 is 0.912 bits per heavy atom. The number of nitrogens with zero attached hydrogens (tertiary/aromatic N) is 2. The third-order valence-corrected chi connectivity index (χ3v) is 4.94. The average molecular weight is 468 g/mol. The monoisotopic (exact) mass is 467 g/mol. The van der Waals surface area contributed by atoms with Gasteiger partial charge in [0.05, 0.1) is 11.9 Å². The molecule has 0 heterocycles. The fraction of sp³-hybridized carbons (Fsp3) is 0.333. The number of phenols is 1. The van der Waals surface area contributed by atoms with Gasteiger partial charge in [-0.15, -0.1) is 0 Å². The Kier molecular flexibility index (Phi) is 9.88. The van der Waals surface area contributed by atoms with E-state index >= 15 is 0 Å². The predicted octanol–water partition coefficient (Wildman–Crippen LogP) is 0.186. The Labute approximate surface area is 199 Å². The molecule has 0 aliphatic rings. The highest BCUT2D eigenvalue weighted by atomic mass is 16.3. The topological polar surface area (TPSA) is 181 Å². The molecule has 34 heavy (non-hydrogen) atoms. The van der Waals surface area contributed by atoms with E-state index in [1.54, 1.807) is 26.0 Å². The minimum atomic E-state index is -0.930. The normalized spacial score (nSPS) is 13.9. The summed E-state index contributed by atoms with van der Waals surface area (Å²) in [6, 6.07) is 14.1. The minimum absolute atomic E-state index is 0.108. The van der Waals surface area contributed by atoms with E-state index in [-0.39, 0.29) is 36.6 Å². The quantitative estimate of drug-likeness (QED) is 0.202. The molecule has 2 amide bonds. The maximum Gasteiger partial charge on any atom is 0.245 e. The van der Waals surface area contributed by atoms with Crippen molar-refractivity contribution in [2.24, 2.45) is 27.2 Å². The van der Waals surface area contributed by atoms with Crippen LogP contribution in [0.1, 0.15) is 25.0 Å². The highest BCUT2D eigenvalue weighted by Crippen LogP contribution is 2.13. The van der Waals surface area contributed by atoms with Gasteiger partial charge in [-0.25, -0.2) is 4.99 Å². The molecule has 3 unspecified atom stereocenters. The third kappa shape index (κ3) is 9.19. The molecule has 0 aliphatic carbocycles. The van der Waals surface area contributed by atoms with Crippen LogP contribution in [0.5, 0.6) is 5.75 Å². The number of nitrogens with two attached hydrogens (primary N) is 3. The number of carbonyl (C=O) groups excluding carboxylic acids is 2. The van der Waals surface area contributed by atoms with Crippen LogP contribution in [-0.2, 0) is 22.4 Å². The zero-order chi connectivity index (χ0) is 25.1. The first-order valence-electron chi connectivity index (χ1n) is 10.9. The van der Waals surface area contributed by atoms with Crippen molar-refractivity contribution in [2.45, 2.75) is 44.8 Å². The number of aromatic hydroxyl groups is 1. The van der Waals surface area contributed by atoms with E-state index in [2.05, 4.69) is 20.6 Å². The number of rotatable bonds is 11. The van der Waals surface area contributed by atoms with Gasteiger partial charge in [-0.05, 0) is 43.5 Å². The van der Waals surface area contributed by atoms with Crippen LogP contribution >= 0.6 is 0 Å². The second kappa shape index (κ2) is 12.8. The summed E-state index contributed by atoms with van der Waals surface area (Å²) in [6.45, 7) is 3.53. The first-order valence-corrected chi connectivity index (χ1v) is 10.9. The van der Waals surface area contributed by atoms with Crippen molar-refractivity contribution < 1.29 is 14.7 Å². The number of amidine groups is 1. The summed E-state index contributed by atoms with van der Waals surface area (Å²) in [5.74, 6) is -0.581. The summed E-state index contributed by atoms with van der Waals surface area (Å²) >= 11 is 0. The number of carbonyl (C=O) groups is 2. The van der Waals surface area contributed by atoms with Gasteiger partial charge < -0.3 is 32.9 Å². The number of hydrogen-bond donors (Lipinski definition) is 6. The van der Waals surface area contributed by atoms with E-state index < -0.39 is 18.0 Å². The van der Waals surface area contributed by atoms with Crippen molar-refractivity contribution in [3.05, 3.63) is 65.7 Å². The Balaban J connectivity index is 1.98. The van der Waals surface area contributed by atoms with Gasteiger partial charge >= 0.3 is 0 Å². The predicted molar refractivity (Wildman–Crippen MR) is 133 cm³/mol. The first-order chi connectivity index (χ1) is 16.1. The molecule has 0 aliphatic heterocycles. The maximum absolute atomic E-state index is 12.8. The summed E-state index contributed by atoms with van der Waals surface area (Å²) in [7, 11) is 0. The number of benzene rings is 2. The van der Waals surface area contributed by atoms with Gasteiger partial charge in [-0.2, -0.15) is 0 Å². The highest BCUT2D eigenvalue weighted by Gasteiger charge is 2.23. The Morgan fingerprint density at radius 2 is 1.53 bits per heavy atom. The number of phenolic OH excluding ortho intramolecular Hbond substituents is 1. The standard InChI is InChI=1S/C24H33N7O3/c1-15(22(33)28-14-19(30-16(2)25)12-17-6-4-3-5-7-17)29-23(34)21(31-24(26)27)13-18-8-10-20(32)11-9-18/h3-11,15,19,21,32H,12-14H2,1-2H3,(H2,25,30)(H,28,33)(H,29,34)(H4,26,27,31). The summed E-state index contributed by atoms with van der Waals surface area (Å²) in [4.78, 5) is 33.8. The largest absolute Gasteiger partial charge is 0.508 e. The second-order valence-corrected chi connectivity index (χ2v) is 8.03. The van der Waals surface area contributed by atoms with E-state index in [0.29, 0.717) is 12.3 Å². The molecule has 0 radical (unpaired) electrons. The number of nitrogens with one attached hydrogen (secondary N) is 2. The second-order valence-electron chi connectivity index (χ2n) is 8.03. The molecule has 2 aromatic rings. The van der Waals surface area contributed by atoms with Crippen LogP contribution in [0.3, 0.4) is 0 Å². The van der Waals surface area contributed by atoms with Gasteiger partial charge in [-0.1, -0.05) is 42.5 Å². The lowest BCUT2D eigenvalue weighted by atomic mass is 10.0. The van der Waals surface area contributed by atoms with E-state index in [1.807, 2.05) is 30.3 Å². The molecular formula is C24H33N7O3. The molecule has 0 saturated heterocycles. The van der Waals surface area contributed by atoms with Crippen LogP contribution in [-0.4, -0.2) is 53.4 Å². The zero-order valence-electron chi connectivity index (χ0n) is 19.4. The molecule has 2 aromatic carbocycles. The lowest BCUT2D eigenvalue weighted by Gasteiger charge is -2.20. The lowest BCUT2D eigenvalue weighted by Crippen LogP contribution is -2.49. The van der Waals surface area contributed by atoms with Crippen LogP contribution in [0.4, 0.5) is 0 Å². The van der Waals surface area contributed by atoms with Crippen molar-refractivity contribution in [3.63, 3.8) is 0 Å². The summed E-state index contributed by atoms with van der Waals surface area (Å²) in [6.07, 6.45) is 0.803. The van der Waals surface area contributed by atoms with Gasteiger partial charge in [0, 0.05) is 13.0 Å². The summed E-state index contributed by atoms with van der Waals surface area (Å²) in [5.41, 5.74) is 18.6. The van der Waals surface area contributed by atoms with Gasteiger partial charge in [0.15, 0.2) is 5.96 Å². The van der Waals surface area contributed by atoms with Crippen molar-refractivity contribution in [1.82, 2.24) is 10.6 Å². The molecule has 0 aromatic heterocycles. The molecule has 0 bridgehead atoms. The SMILES string of the molecule is CC(N)=NC(CNC(=O)C(C)NC(=O)C(Cc1ccc(O)cc1)N=C(N)N)Cc1ccccc1. The van der Waals surface area contributed by atoms with Crippen molar-refractivity contribution in [2.75, 3.05) is 6.54 Å². The van der Waals surface area contributed by atoms with E-state index in [9.17, 15) is 14.7 Å². The van der Waals surface area contributed by atoms with E-state index in [4.69, 9.17) is 17.2 Å². The van der Waals surface area contributed by atoms with Crippen LogP contribution in [0, 0.1) is 0 Å². The van der Waals surface area contributed by atoms with Gasteiger partial charge in [0.25, 0.3) is 0 Å². The summed E-state index contributed by atoms with van der Waals surface area (Å²) in [5, 5.41) is 14.9. The minimum Gasteiger partial charge on any atom is -0.508 e. The van der Waals surface area contributed by atoms with Gasteiger partial charge in [-0.3, -0.25) is 14.6 Å². The third-order valence-electron chi connectivity index (χ3n) is 4.94. The first kappa shape index (κ1) is 26.2. The molecule has 182 valence electrons. The van der Waals surface area contributed by atoms with Crippen LogP contribution < -0.4 is 27.8 Å². The average Bonchev–Trinajstić information content (AvgIpc) is 2.78. The molecule has 9 N–H and O–H groups in total. The molecule has 10 nitrogen and oxygen atoms in total. The number of aliphatic imine (C=N–C) groups is 2. The molecule has 0 spiro atoms. The van der Waals surface area contributed by atoms with Gasteiger partial charge in [0.2, 0.25) is 11.8 Å². The van der Waals surface area contributed by atoms with Crippen molar-refractivity contribution in [1.29, 1.82) is 0 Å². The highest BCUT2D eigenvalue weighted by molar-refractivity contribution is 5.91. The number of guanidine groups is 1. The molecule has 3 atom stereocenters. The fourth-order valence-corrected chi connectivity index (χ4v) is 3.32. The lowest BCUT2D eigenvalue weighted by molar-refractivity contribution is -0.129. The summed E-state index contributed by atoms with van der Waals surface area (Å²) < 4.78 is 0. The van der Waals surface area contributed by atoms with Crippen LogP contribution in [0.15, 0.2) is 64.6 Å². The number of amides is 2. The van der Waals surface area contributed by atoms with E-state index in [0.717, 1.165) is 11.1 Å². The van der Waals surface area contributed by atoms with Crippen LogP contribution in [0.2, 0.25) is 0 Å². The molecule has 0 fully saturated rings. The smallest absolute Gasteiger partial charge is 0.245 e. The maximum atomic E-state index is 12.8.